The van der Waals surface area contributed by atoms with Crippen LogP contribution in [-0.4, -0.2) is 18.5 Å². The van der Waals surface area contributed by atoms with E-state index in [2.05, 4.69) is 6.92 Å². The maximum Gasteiger partial charge on any atom is 0.338 e. The zero-order valence-electron chi connectivity index (χ0n) is 11.9. The van der Waals surface area contributed by atoms with Crippen LogP contribution in [0.15, 0.2) is 24.3 Å². The van der Waals surface area contributed by atoms with Crippen LogP contribution in [0.4, 0.5) is 0 Å². The number of hydrogen-bond acceptors (Lipinski definition) is 4. The largest absolute Gasteiger partial charge is 0.545 e. The molecule has 0 atom stereocenters. The lowest BCUT2D eigenvalue weighted by Gasteiger charge is -2.10. The van der Waals surface area contributed by atoms with Crippen LogP contribution in [0.25, 0.3) is 0 Å². The van der Waals surface area contributed by atoms with E-state index in [1.165, 1.54) is 31.4 Å². The molecule has 0 bridgehead atoms. The number of esters is 1. The van der Waals surface area contributed by atoms with Crippen LogP contribution in [0.3, 0.4) is 0 Å². The van der Waals surface area contributed by atoms with Crippen LogP contribution in [-0.2, 0) is 4.74 Å². The van der Waals surface area contributed by atoms with Crippen molar-refractivity contribution in [2.75, 3.05) is 6.61 Å². The Labute approximate surface area is 119 Å². The minimum atomic E-state index is -1.36. The summed E-state index contributed by atoms with van der Waals surface area (Å²) in [5.41, 5.74) is -0.0704. The molecule has 0 aliphatic rings. The van der Waals surface area contributed by atoms with Gasteiger partial charge in [-0.15, -0.1) is 0 Å². The second-order valence-electron chi connectivity index (χ2n) is 4.74. The van der Waals surface area contributed by atoms with Crippen LogP contribution in [0.2, 0.25) is 0 Å². The van der Waals surface area contributed by atoms with Gasteiger partial charge in [0.15, 0.2) is 0 Å². The Morgan fingerprint density at radius 1 is 1.00 bits per heavy atom. The highest BCUT2D eigenvalue weighted by Crippen LogP contribution is 2.10. The van der Waals surface area contributed by atoms with Crippen molar-refractivity contribution < 1.29 is 19.4 Å². The maximum absolute atomic E-state index is 11.8. The Kier molecular flexibility index (Phi) is 7.40. The van der Waals surface area contributed by atoms with E-state index >= 15 is 0 Å². The number of carboxylic acid groups (broad SMARTS) is 1. The van der Waals surface area contributed by atoms with E-state index in [0.29, 0.717) is 6.61 Å². The van der Waals surface area contributed by atoms with Gasteiger partial charge in [0.25, 0.3) is 0 Å². The summed E-state index contributed by atoms with van der Waals surface area (Å²) in [5, 5.41) is 10.9. The molecule has 0 aliphatic carbocycles. The lowest BCUT2D eigenvalue weighted by molar-refractivity contribution is -0.255. The zero-order valence-corrected chi connectivity index (χ0v) is 11.9. The van der Waals surface area contributed by atoms with E-state index in [1.54, 1.807) is 12.1 Å². The number of benzene rings is 1. The fraction of sp³-hybridized carbons (Fsp3) is 0.500. The molecular weight excluding hydrogens is 256 g/mol. The maximum atomic E-state index is 11.8. The van der Waals surface area contributed by atoms with Crippen molar-refractivity contribution in [2.45, 2.75) is 45.4 Å². The fourth-order valence-electron chi connectivity index (χ4n) is 1.96. The first-order chi connectivity index (χ1) is 9.66. The van der Waals surface area contributed by atoms with Crippen LogP contribution < -0.4 is 5.11 Å². The summed E-state index contributed by atoms with van der Waals surface area (Å²) in [7, 11) is 0. The van der Waals surface area contributed by atoms with Gasteiger partial charge in [0.1, 0.15) is 0 Å². The second-order valence-corrected chi connectivity index (χ2v) is 4.74. The normalized spacial score (nSPS) is 10.2. The Bertz CT molecular complexity index is 440. The standard InChI is InChI=1S/C16H22O4/c1-2-3-4-5-6-9-12-20-16(19)14-11-8-7-10-13(14)15(17)18/h7-8,10-11H,2-6,9,12H2,1H3,(H,17,18)/p-1. The molecule has 0 aromatic heterocycles. The van der Waals surface area contributed by atoms with E-state index in [0.717, 1.165) is 19.3 Å². The lowest BCUT2D eigenvalue weighted by Crippen LogP contribution is -2.25. The summed E-state index contributed by atoms with van der Waals surface area (Å²) in [6, 6.07) is 5.94. The molecule has 1 aromatic rings. The molecule has 0 heterocycles. The van der Waals surface area contributed by atoms with Crippen LogP contribution in [0.5, 0.6) is 0 Å². The van der Waals surface area contributed by atoms with Gasteiger partial charge < -0.3 is 14.6 Å². The van der Waals surface area contributed by atoms with Gasteiger partial charge in [-0.25, -0.2) is 4.79 Å². The highest BCUT2D eigenvalue weighted by molar-refractivity contribution is 6.01. The Morgan fingerprint density at radius 2 is 1.60 bits per heavy atom. The second kappa shape index (κ2) is 9.13. The first-order valence-corrected chi connectivity index (χ1v) is 7.14. The van der Waals surface area contributed by atoms with E-state index in [1.807, 2.05) is 0 Å². The van der Waals surface area contributed by atoms with E-state index in [-0.39, 0.29) is 11.1 Å². The molecule has 0 radical (unpaired) electrons. The number of carbonyl (C=O) groups is 2. The molecule has 0 fully saturated rings. The van der Waals surface area contributed by atoms with E-state index in [4.69, 9.17) is 4.74 Å². The predicted molar refractivity (Wildman–Crippen MR) is 74.4 cm³/mol. The van der Waals surface area contributed by atoms with Crippen LogP contribution in [0, 0.1) is 0 Å². The van der Waals surface area contributed by atoms with Crippen molar-refractivity contribution in [1.82, 2.24) is 0 Å². The first kappa shape index (κ1) is 16.2. The van der Waals surface area contributed by atoms with Gasteiger partial charge in [-0.2, -0.15) is 0 Å². The topological polar surface area (TPSA) is 66.4 Å². The third-order valence-corrected chi connectivity index (χ3v) is 3.10. The van der Waals surface area contributed by atoms with Crippen molar-refractivity contribution in [2.24, 2.45) is 0 Å². The van der Waals surface area contributed by atoms with Crippen molar-refractivity contribution >= 4 is 11.9 Å². The van der Waals surface area contributed by atoms with Crippen molar-refractivity contribution in [3.8, 4) is 0 Å². The van der Waals surface area contributed by atoms with Gasteiger partial charge >= 0.3 is 5.97 Å². The first-order valence-electron chi connectivity index (χ1n) is 7.14. The minimum Gasteiger partial charge on any atom is -0.545 e. The number of ether oxygens (including phenoxy) is 1. The third-order valence-electron chi connectivity index (χ3n) is 3.10. The van der Waals surface area contributed by atoms with Gasteiger partial charge in [0, 0.05) is 5.56 Å². The average molecular weight is 277 g/mol. The average Bonchev–Trinajstić information content (AvgIpc) is 2.46. The molecule has 110 valence electrons. The summed E-state index contributed by atoms with van der Waals surface area (Å²) in [4.78, 5) is 22.7. The molecule has 20 heavy (non-hydrogen) atoms. The Hall–Kier alpha value is -1.84. The van der Waals surface area contributed by atoms with Crippen LogP contribution >= 0.6 is 0 Å². The molecule has 4 nitrogen and oxygen atoms in total. The number of hydrogen-bond donors (Lipinski definition) is 0. The van der Waals surface area contributed by atoms with Gasteiger partial charge in [0.2, 0.25) is 0 Å². The Balaban J connectivity index is 2.35. The fourth-order valence-corrected chi connectivity index (χ4v) is 1.96. The molecule has 4 heteroatoms. The number of carboxylic acids is 1. The molecular formula is C16H21O4-. The molecule has 1 rings (SSSR count). The molecule has 0 spiro atoms. The highest BCUT2D eigenvalue weighted by Gasteiger charge is 2.12. The summed E-state index contributed by atoms with van der Waals surface area (Å²) in [5.74, 6) is -1.96. The zero-order chi connectivity index (χ0) is 14.8. The van der Waals surface area contributed by atoms with E-state index in [9.17, 15) is 14.7 Å². The molecule has 0 amide bonds. The minimum absolute atomic E-state index is 0.0542. The van der Waals surface area contributed by atoms with Gasteiger partial charge in [-0.05, 0) is 12.5 Å². The summed E-state index contributed by atoms with van der Waals surface area (Å²) in [6.45, 7) is 2.49. The summed E-state index contributed by atoms with van der Waals surface area (Å²) < 4.78 is 5.10. The predicted octanol–water partition coefficient (Wildman–Crippen LogP) is 2.57. The quantitative estimate of drug-likeness (QED) is 0.514. The van der Waals surface area contributed by atoms with Crippen molar-refractivity contribution in [3.63, 3.8) is 0 Å². The number of carbonyl (C=O) groups excluding carboxylic acids is 2. The highest BCUT2D eigenvalue weighted by atomic mass is 16.5. The number of aromatic carboxylic acids is 1. The molecule has 0 saturated heterocycles. The van der Waals surface area contributed by atoms with Crippen LogP contribution in [0.1, 0.15) is 66.2 Å². The molecule has 0 aliphatic heterocycles. The summed E-state index contributed by atoms with van der Waals surface area (Å²) >= 11 is 0. The molecule has 1 aromatic carbocycles. The molecule has 0 saturated carbocycles. The molecule has 0 unspecified atom stereocenters. The molecule has 0 N–H and O–H groups in total. The van der Waals surface area contributed by atoms with Crippen molar-refractivity contribution in [1.29, 1.82) is 0 Å². The monoisotopic (exact) mass is 277 g/mol. The Morgan fingerprint density at radius 3 is 2.25 bits per heavy atom. The third kappa shape index (κ3) is 5.43. The van der Waals surface area contributed by atoms with Gasteiger partial charge in [-0.3, -0.25) is 0 Å². The summed E-state index contributed by atoms with van der Waals surface area (Å²) in [6.07, 6.45) is 6.62. The number of rotatable bonds is 9. The smallest absolute Gasteiger partial charge is 0.338 e. The van der Waals surface area contributed by atoms with Crippen molar-refractivity contribution in [3.05, 3.63) is 35.4 Å². The lowest BCUT2D eigenvalue weighted by atomic mass is 10.1. The van der Waals surface area contributed by atoms with Gasteiger partial charge in [0.05, 0.1) is 18.1 Å². The van der Waals surface area contributed by atoms with Gasteiger partial charge in [-0.1, -0.05) is 57.2 Å². The number of unbranched alkanes of at least 4 members (excludes halogenated alkanes) is 5. The SMILES string of the molecule is CCCCCCCCOC(=O)c1ccccc1C(=O)[O-]. The van der Waals surface area contributed by atoms with E-state index < -0.39 is 11.9 Å².